The number of hydrogen-bond donors (Lipinski definition) is 1. The van der Waals surface area contributed by atoms with E-state index < -0.39 is 5.97 Å². The molecule has 1 unspecified atom stereocenters. The normalized spacial score (nSPS) is 17.3. The van der Waals surface area contributed by atoms with Crippen LogP contribution in [-0.4, -0.2) is 44.5 Å². The SMILES string of the molecule is COc1c2c(cc3c1C(Nc1sc(C(=O)OC(C)C)c(C)c1C#N)N(C)CC3)OCO2. The first-order chi connectivity index (χ1) is 14.8. The number of benzene rings is 1. The van der Waals surface area contributed by atoms with Crippen molar-refractivity contribution in [1.82, 2.24) is 4.90 Å². The van der Waals surface area contributed by atoms with E-state index in [2.05, 4.69) is 16.3 Å². The number of ether oxygens (including phenoxy) is 4. The average molecular weight is 444 g/mol. The molecule has 4 rings (SSSR count). The van der Waals surface area contributed by atoms with Crippen molar-refractivity contribution in [2.45, 2.75) is 39.5 Å². The van der Waals surface area contributed by atoms with Crippen LogP contribution in [0.25, 0.3) is 0 Å². The smallest absolute Gasteiger partial charge is 0.348 e. The third-order valence-corrected chi connectivity index (χ3v) is 6.65. The standard InChI is InChI=1S/C22H25N3O5S/c1-11(2)30-22(26)19-12(3)14(9-23)21(31-19)24-20-16-13(6-7-25(20)4)8-15-17(18(16)27-5)29-10-28-15/h8,11,20,24H,6-7,10H2,1-5H3. The predicted octanol–water partition coefficient (Wildman–Crippen LogP) is 3.83. The summed E-state index contributed by atoms with van der Waals surface area (Å²) in [6.07, 6.45) is 0.325. The lowest BCUT2D eigenvalue weighted by Gasteiger charge is -2.36. The summed E-state index contributed by atoms with van der Waals surface area (Å²) in [6, 6.07) is 4.23. The Hall–Kier alpha value is -2.96. The fraction of sp³-hybridized carbons (Fsp3) is 0.455. The highest BCUT2D eigenvalue weighted by Crippen LogP contribution is 2.50. The Morgan fingerprint density at radius 2 is 2.19 bits per heavy atom. The first kappa shape index (κ1) is 21.3. The predicted molar refractivity (Wildman–Crippen MR) is 116 cm³/mol. The van der Waals surface area contributed by atoms with E-state index in [4.69, 9.17) is 18.9 Å². The molecule has 0 bridgehead atoms. The highest BCUT2D eigenvalue weighted by molar-refractivity contribution is 7.18. The van der Waals surface area contributed by atoms with Crippen LogP contribution in [0.3, 0.4) is 0 Å². The maximum Gasteiger partial charge on any atom is 0.348 e. The van der Waals surface area contributed by atoms with Gasteiger partial charge >= 0.3 is 5.97 Å². The first-order valence-electron chi connectivity index (χ1n) is 10.1. The summed E-state index contributed by atoms with van der Waals surface area (Å²) in [5.74, 6) is 1.48. The Labute approximate surface area is 185 Å². The molecule has 2 aliphatic heterocycles. The molecular formula is C22H25N3O5S. The molecule has 1 N–H and O–H groups in total. The molecule has 1 aromatic carbocycles. The Morgan fingerprint density at radius 1 is 1.42 bits per heavy atom. The van der Waals surface area contributed by atoms with Gasteiger partial charge in [0.15, 0.2) is 11.5 Å². The van der Waals surface area contributed by atoms with Crippen LogP contribution >= 0.6 is 11.3 Å². The van der Waals surface area contributed by atoms with Gasteiger partial charge < -0.3 is 24.3 Å². The van der Waals surface area contributed by atoms with Gasteiger partial charge in [-0.15, -0.1) is 11.3 Å². The van der Waals surface area contributed by atoms with Gasteiger partial charge in [-0.25, -0.2) is 4.79 Å². The summed E-state index contributed by atoms with van der Waals surface area (Å²) in [5, 5.41) is 13.9. The summed E-state index contributed by atoms with van der Waals surface area (Å²) in [4.78, 5) is 15.1. The number of likely N-dealkylation sites (N-methyl/N-ethyl adjacent to an activating group) is 1. The van der Waals surface area contributed by atoms with E-state index in [1.165, 1.54) is 11.3 Å². The number of anilines is 1. The van der Waals surface area contributed by atoms with Gasteiger partial charge in [0.1, 0.15) is 22.1 Å². The van der Waals surface area contributed by atoms with E-state index in [0.29, 0.717) is 38.3 Å². The van der Waals surface area contributed by atoms with Crippen LogP contribution in [0, 0.1) is 18.3 Å². The Morgan fingerprint density at radius 3 is 2.87 bits per heavy atom. The third kappa shape index (κ3) is 3.66. The van der Waals surface area contributed by atoms with E-state index in [9.17, 15) is 10.1 Å². The zero-order valence-electron chi connectivity index (χ0n) is 18.2. The fourth-order valence-corrected chi connectivity index (χ4v) is 5.01. The molecule has 8 nitrogen and oxygen atoms in total. The van der Waals surface area contributed by atoms with E-state index in [-0.39, 0.29) is 19.1 Å². The molecule has 0 fully saturated rings. The number of nitriles is 1. The number of carbonyl (C=O) groups excluding carboxylic acids is 1. The number of methoxy groups -OCH3 is 1. The third-order valence-electron chi connectivity index (χ3n) is 5.45. The van der Waals surface area contributed by atoms with Crippen molar-refractivity contribution < 1.29 is 23.7 Å². The van der Waals surface area contributed by atoms with E-state index >= 15 is 0 Å². The largest absolute Gasteiger partial charge is 0.492 e. The van der Waals surface area contributed by atoms with Crippen molar-refractivity contribution in [2.24, 2.45) is 0 Å². The van der Waals surface area contributed by atoms with Crippen molar-refractivity contribution in [2.75, 3.05) is 32.8 Å². The zero-order chi connectivity index (χ0) is 22.3. The lowest BCUT2D eigenvalue weighted by molar-refractivity contribution is 0.0383. The van der Waals surface area contributed by atoms with E-state index in [1.54, 1.807) is 27.9 Å². The van der Waals surface area contributed by atoms with Gasteiger partial charge in [-0.1, -0.05) is 0 Å². The molecule has 164 valence electrons. The highest BCUT2D eigenvalue weighted by Gasteiger charge is 2.35. The van der Waals surface area contributed by atoms with Gasteiger partial charge in [0.2, 0.25) is 12.5 Å². The second-order valence-electron chi connectivity index (χ2n) is 7.82. The molecule has 0 radical (unpaired) electrons. The van der Waals surface area contributed by atoms with E-state index in [0.717, 1.165) is 24.1 Å². The van der Waals surface area contributed by atoms with Crippen molar-refractivity contribution in [1.29, 1.82) is 5.26 Å². The molecule has 0 aliphatic carbocycles. The van der Waals surface area contributed by atoms with Crippen molar-refractivity contribution in [3.05, 3.63) is 33.2 Å². The molecular weight excluding hydrogens is 418 g/mol. The molecule has 0 amide bonds. The van der Waals surface area contributed by atoms with Crippen LogP contribution in [0.5, 0.6) is 17.2 Å². The summed E-state index contributed by atoms with van der Waals surface area (Å²) in [7, 11) is 3.62. The van der Waals surface area contributed by atoms with Gasteiger partial charge in [0, 0.05) is 12.1 Å². The second-order valence-corrected chi connectivity index (χ2v) is 8.84. The Kier molecular flexibility index (Phi) is 5.69. The van der Waals surface area contributed by atoms with Gasteiger partial charge in [0.25, 0.3) is 0 Å². The van der Waals surface area contributed by atoms with Crippen LogP contribution in [0.2, 0.25) is 0 Å². The van der Waals surface area contributed by atoms with Gasteiger partial charge in [-0.2, -0.15) is 5.26 Å². The number of carbonyl (C=O) groups is 1. The minimum absolute atomic E-state index is 0.159. The van der Waals surface area contributed by atoms with Crippen LogP contribution < -0.4 is 19.5 Å². The first-order valence-corrected chi connectivity index (χ1v) is 10.9. The summed E-state index contributed by atoms with van der Waals surface area (Å²) < 4.78 is 22.3. The van der Waals surface area contributed by atoms with Crippen LogP contribution in [0.15, 0.2) is 6.07 Å². The van der Waals surface area contributed by atoms with Crippen LogP contribution in [-0.2, 0) is 11.2 Å². The number of thiophene rings is 1. The Bertz CT molecular complexity index is 1070. The number of hydrogen-bond acceptors (Lipinski definition) is 9. The molecule has 31 heavy (non-hydrogen) atoms. The average Bonchev–Trinajstić information content (AvgIpc) is 3.31. The molecule has 2 aliphatic rings. The molecule has 1 atom stereocenters. The van der Waals surface area contributed by atoms with Gasteiger partial charge in [-0.05, 0) is 51.4 Å². The summed E-state index contributed by atoms with van der Waals surface area (Å²) in [6.45, 7) is 6.34. The zero-order valence-corrected chi connectivity index (χ0v) is 19.0. The monoisotopic (exact) mass is 443 g/mol. The number of fused-ring (bicyclic) bond motifs is 2. The quantitative estimate of drug-likeness (QED) is 0.697. The lowest BCUT2D eigenvalue weighted by Crippen LogP contribution is -2.37. The van der Waals surface area contributed by atoms with Crippen molar-refractivity contribution >= 4 is 22.3 Å². The molecule has 3 heterocycles. The number of nitrogens with one attached hydrogen (secondary N) is 1. The molecule has 0 saturated carbocycles. The minimum atomic E-state index is -0.416. The maximum absolute atomic E-state index is 12.5. The van der Waals surface area contributed by atoms with E-state index in [1.807, 2.05) is 13.1 Å². The number of esters is 1. The molecule has 0 saturated heterocycles. The number of nitrogens with zero attached hydrogens (tertiary/aromatic N) is 2. The topological polar surface area (TPSA) is 93.0 Å². The molecule has 2 aromatic rings. The van der Waals surface area contributed by atoms with Gasteiger partial charge in [-0.3, -0.25) is 4.90 Å². The summed E-state index contributed by atoms with van der Waals surface area (Å²) in [5.41, 5.74) is 3.11. The van der Waals surface area contributed by atoms with Gasteiger partial charge in [0.05, 0.1) is 18.8 Å². The number of rotatable bonds is 5. The highest BCUT2D eigenvalue weighted by atomic mass is 32.1. The van der Waals surface area contributed by atoms with Crippen molar-refractivity contribution in [3.63, 3.8) is 0 Å². The lowest BCUT2D eigenvalue weighted by atomic mass is 9.95. The molecule has 0 spiro atoms. The maximum atomic E-state index is 12.5. The summed E-state index contributed by atoms with van der Waals surface area (Å²) >= 11 is 1.24. The second kappa shape index (κ2) is 8.29. The van der Waals surface area contributed by atoms with Crippen LogP contribution in [0.4, 0.5) is 5.00 Å². The van der Waals surface area contributed by atoms with Crippen LogP contribution in [0.1, 0.15) is 51.9 Å². The minimum Gasteiger partial charge on any atom is -0.492 e. The van der Waals surface area contributed by atoms with Crippen molar-refractivity contribution in [3.8, 4) is 23.3 Å². The molecule has 1 aromatic heterocycles. The Balaban J connectivity index is 1.76. The molecule has 9 heteroatoms. The fourth-order valence-electron chi connectivity index (χ4n) is 3.95.